The fourth-order valence-corrected chi connectivity index (χ4v) is 2.06. The Morgan fingerprint density at radius 1 is 1.30 bits per heavy atom. The molecular formula is C10H6BrFN4O4. The van der Waals surface area contributed by atoms with E-state index in [9.17, 15) is 24.6 Å². The third-order valence-corrected chi connectivity index (χ3v) is 3.02. The van der Waals surface area contributed by atoms with Crippen LogP contribution in [0.15, 0.2) is 28.9 Å². The molecule has 0 N–H and O–H groups in total. The van der Waals surface area contributed by atoms with Gasteiger partial charge in [0.2, 0.25) is 5.82 Å². The number of benzene rings is 1. The first-order valence-electron chi connectivity index (χ1n) is 5.19. The van der Waals surface area contributed by atoms with Gasteiger partial charge in [0.15, 0.2) is 0 Å². The van der Waals surface area contributed by atoms with E-state index in [2.05, 4.69) is 21.0 Å². The Morgan fingerprint density at radius 3 is 2.55 bits per heavy atom. The topological polar surface area (TPSA) is 104 Å². The molecule has 0 atom stereocenters. The van der Waals surface area contributed by atoms with Crippen molar-refractivity contribution >= 4 is 27.4 Å². The van der Waals surface area contributed by atoms with Crippen molar-refractivity contribution in [2.45, 2.75) is 6.54 Å². The summed E-state index contributed by atoms with van der Waals surface area (Å²) in [6.07, 6.45) is 1.30. The second-order valence-electron chi connectivity index (χ2n) is 3.76. The highest BCUT2D eigenvalue weighted by Crippen LogP contribution is 2.24. The van der Waals surface area contributed by atoms with E-state index >= 15 is 0 Å². The number of hydrogen-bond acceptors (Lipinski definition) is 5. The van der Waals surface area contributed by atoms with Crippen molar-refractivity contribution in [3.63, 3.8) is 0 Å². The van der Waals surface area contributed by atoms with Crippen molar-refractivity contribution in [3.05, 3.63) is 60.5 Å². The molecule has 20 heavy (non-hydrogen) atoms. The van der Waals surface area contributed by atoms with Crippen LogP contribution in [-0.4, -0.2) is 19.6 Å². The van der Waals surface area contributed by atoms with Crippen LogP contribution < -0.4 is 0 Å². The minimum absolute atomic E-state index is 0.0177. The molecule has 10 heteroatoms. The zero-order valence-electron chi connectivity index (χ0n) is 9.69. The third-order valence-electron chi connectivity index (χ3n) is 2.46. The minimum Gasteiger partial charge on any atom is -0.358 e. The molecular weight excluding hydrogens is 339 g/mol. The van der Waals surface area contributed by atoms with Gasteiger partial charge >= 0.3 is 11.5 Å². The van der Waals surface area contributed by atoms with Crippen LogP contribution in [0.5, 0.6) is 0 Å². The lowest BCUT2D eigenvalue weighted by Gasteiger charge is -2.01. The smallest absolute Gasteiger partial charge is 0.358 e. The van der Waals surface area contributed by atoms with Gasteiger partial charge in [-0.25, -0.2) is 0 Å². The zero-order valence-corrected chi connectivity index (χ0v) is 11.3. The first kappa shape index (κ1) is 14.1. The first-order valence-corrected chi connectivity index (χ1v) is 5.98. The molecule has 0 aliphatic heterocycles. The maximum Gasteiger partial charge on any atom is 0.404 e. The summed E-state index contributed by atoms with van der Waals surface area (Å²) in [5.74, 6) is -1.39. The number of rotatable bonds is 4. The van der Waals surface area contributed by atoms with Gasteiger partial charge in [0.25, 0.3) is 0 Å². The average Bonchev–Trinajstić information content (AvgIpc) is 2.72. The number of nitro benzene ring substituents is 1. The number of nitrogens with zero attached hydrogens (tertiary/aromatic N) is 4. The van der Waals surface area contributed by atoms with Crippen LogP contribution in [0.1, 0.15) is 5.56 Å². The predicted molar refractivity (Wildman–Crippen MR) is 68.7 cm³/mol. The highest BCUT2D eigenvalue weighted by Gasteiger charge is 2.22. The zero-order chi connectivity index (χ0) is 14.9. The molecule has 1 aromatic carbocycles. The van der Waals surface area contributed by atoms with E-state index < -0.39 is 27.2 Å². The summed E-state index contributed by atoms with van der Waals surface area (Å²) in [6.45, 7) is -0.153. The summed E-state index contributed by atoms with van der Waals surface area (Å²) in [6, 6.07) is 3.73. The van der Waals surface area contributed by atoms with Crippen LogP contribution in [0, 0.1) is 26.0 Å². The molecule has 0 spiro atoms. The van der Waals surface area contributed by atoms with E-state index in [-0.39, 0.29) is 16.6 Å². The Morgan fingerprint density at radius 2 is 2.00 bits per heavy atom. The Kier molecular flexibility index (Phi) is 3.74. The van der Waals surface area contributed by atoms with Crippen LogP contribution in [0.3, 0.4) is 0 Å². The Labute approximate surface area is 119 Å². The summed E-state index contributed by atoms with van der Waals surface area (Å²) in [5, 5.41) is 24.9. The number of halogens is 2. The lowest BCUT2D eigenvalue weighted by atomic mass is 10.2. The van der Waals surface area contributed by atoms with Crippen LogP contribution in [-0.2, 0) is 6.54 Å². The van der Waals surface area contributed by atoms with Gasteiger partial charge in [-0.2, -0.15) is 9.07 Å². The van der Waals surface area contributed by atoms with Crippen molar-refractivity contribution in [2.24, 2.45) is 0 Å². The van der Waals surface area contributed by atoms with Crippen LogP contribution in [0.25, 0.3) is 0 Å². The monoisotopic (exact) mass is 344 g/mol. The average molecular weight is 345 g/mol. The van der Waals surface area contributed by atoms with Crippen molar-refractivity contribution in [3.8, 4) is 0 Å². The maximum absolute atomic E-state index is 13.8. The number of aromatic nitrogens is 2. The summed E-state index contributed by atoms with van der Waals surface area (Å²) in [5.41, 5.74) is -0.632. The van der Waals surface area contributed by atoms with Gasteiger partial charge in [-0.1, -0.05) is 12.1 Å². The molecule has 0 saturated heterocycles. The molecule has 0 bridgehead atoms. The highest BCUT2D eigenvalue weighted by molar-refractivity contribution is 9.10. The van der Waals surface area contributed by atoms with Gasteiger partial charge in [-0.05, 0) is 20.9 Å². The largest absolute Gasteiger partial charge is 0.404 e. The van der Waals surface area contributed by atoms with Crippen LogP contribution in [0.4, 0.5) is 15.9 Å². The van der Waals surface area contributed by atoms with E-state index in [4.69, 9.17) is 0 Å². The number of nitro groups is 2. The summed E-state index contributed by atoms with van der Waals surface area (Å²) in [7, 11) is 0. The molecule has 0 saturated carbocycles. The molecule has 2 aromatic rings. The normalized spacial score (nSPS) is 10.5. The predicted octanol–water partition coefficient (Wildman–Crippen LogP) is 2.65. The van der Waals surface area contributed by atoms with Gasteiger partial charge in [0, 0.05) is 11.6 Å². The lowest BCUT2D eigenvalue weighted by molar-refractivity contribution is -0.390. The van der Waals surface area contributed by atoms with Crippen molar-refractivity contribution < 1.29 is 14.2 Å². The van der Waals surface area contributed by atoms with Gasteiger partial charge in [-0.15, -0.1) is 0 Å². The Balaban J connectivity index is 2.35. The molecule has 0 radical (unpaired) electrons. The molecule has 104 valence electrons. The molecule has 0 aliphatic carbocycles. The Bertz CT molecular complexity index is 703. The van der Waals surface area contributed by atoms with Crippen LogP contribution >= 0.6 is 15.9 Å². The minimum atomic E-state index is -0.980. The quantitative estimate of drug-likeness (QED) is 0.626. The van der Waals surface area contributed by atoms with Crippen LogP contribution in [0.2, 0.25) is 0 Å². The lowest BCUT2D eigenvalue weighted by Crippen LogP contribution is -2.05. The molecule has 1 heterocycles. The molecule has 0 unspecified atom stereocenters. The van der Waals surface area contributed by atoms with Gasteiger partial charge in [-0.3, -0.25) is 10.1 Å². The highest BCUT2D eigenvalue weighted by atomic mass is 79.9. The van der Waals surface area contributed by atoms with E-state index in [1.165, 1.54) is 18.3 Å². The van der Waals surface area contributed by atoms with E-state index in [0.29, 0.717) is 0 Å². The first-order chi connectivity index (χ1) is 9.40. The van der Waals surface area contributed by atoms with Crippen molar-refractivity contribution in [1.82, 2.24) is 9.78 Å². The summed E-state index contributed by atoms with van der Waals surface area (Å²) >= 11 is 2.96. The SMILES string of the molecule is O=[N+]([O-])c1cccc(Cn2cc(Br)c([N+](=O)[O-])n2)c1F. The van der Waals surface area contributed by atoms with Gasteiger partial charge in [0.05, 0.1) is 22.8 Å². The third kappa shape index (κ3) is 2.64. The molecule has 1 aromatic heterocycles. The van der Waals surface area contributed by atoms with Gasteiger partial charge < -0.3 is 10.1 Å². The second kappa shape index (κ2) is 5.33. The van der Waals surface area contributed by atoms with E-state index in [1.807, 2.05) is 0 Å². The van der Waals surface area contributed by atoms with E-state index in [1.54, 1.807) is 0 Å². The Hall–Kier alpha value is -2.36. The second-order valence-corrected chi connectivity index (χ2v) is 4.62. The molecule has 0 aliphatic rings. The summed E-state index contributed by atoms with van der Waals surface area (Å²) in [4.78, 5) is 19.7. The fraction of sp³-hybridized carbons (Fsp3) is 0.100. The van der Waals surface area contributed by atoms with E-state index in [0.717, 1.165) is 10.7 Å². The van der Waals surface area contributed by atoms with Crippen molar-refractivity contribution in [1.29, 1.82) is 0 Å². The summed E-state index contributed by atoms with van der Waals surface area (Å²) < 4.78 is 15.1. The van der Waals surface area contributed by atoms with Crippen molar-refractivity contribution in [2.75, 3.05) is 0 Å². The van der Waals surface area contributed by atoms with Gasteiger partial charge in [0.1, 0.15) is 4.47 Å². The standard InChI is InChI=1S/C10H6BrFN4O4/c11-7-5-14(13-10(7)16(19)20)4-6-2-1-3-8(9(6)12)15(17)18/h1-3,5H,4H2. The molecule has 0 amide bonds. The fourth-order valence-electron chi connectivity index (χ4n) is 1.60. The molecule has 8 nitrogen and oxygen atoms in total. The molecule has 2 rings (SSSR count). The maximum atomic E-state index is 13.8. The molecule has 0 fully saturated rings. The number of hydrogen-bond donors (Lipinski definition) is 0.